The zero-order valence-corrected chi connectivity index (χ0v) is 19.1. The van der Waals surface area contributed by atoms with Crippen LogP contribution >= 0.6 is 7.82 Å². The Bertz CT molecular complexity index is 387. The third-order valence-corrected chi connectivity index (χ3v) is 5.68. The Kier molecular flexibility index (Phi) is 15.9. The fourth-order valence-electron chi connectivity index (χ4n) is 2.85. The van der Waals surface area contributed by atoms with Gasteiger partial charge in [0.2, 0.25) is 0 Å². The summed E-state index contributed by atoms with van der Waals surface area (Å²) < 4.78 is 22.4. The molecule has 2 unspecified atom stereocenters. The highest BCUT2D eigenvalue weighted by atomic mass is 31.2. The minimum Gasteiger partial charge on any atom is -0.756 e. The number of aliphatic hydroxyl groups is 1. The number of quaternary nitrogens is 1. The first-order chi connectivity index (χ1) is 12.7. The van der Waals surface area contributed by atoms with Crippen LogP contribution in [0, 0.1) is 0 Å². The molecule has 0 bridgehead atoms. The van der Waals surface area contributed by atoms with Crippen LogP contribution in [0.3, 0.4) is 0 Å². The van der Waals surface area contributed by atoms with Crippen LogP contribution in [0.1, 0.15) is 84.0 Å². The van der Waals surface area contributed by atoms with E-state index < -0.39 is 13.9 Å². The Labute approximate surface area is 167 Å². The van der Waals surface area contributed by atoms with Crippen LogP contribution in [0.25, 0.3) is 0 Å². The van der Waals surface area contributed by atoms with E-state index in [4.69, 9.17) is 9.05 Å². The van der Waals surface area contributed by atoms with Gasteiger partial charge in [-0.25, -0.2) is 0 Å². The van der Waals surface area contributed by atoms with E-state index >= 15 is 0 Å². The maximum absolute atomic E-state index is 11.9. The van der Waals surface area contributed by atoms with Crippen LogP contribution in [0.4, 0.5) is 0 Å². The maximum Gasteiger partial charge on any atom is 0.268 e. The monoisotopic (exact) mass is 409 g/mol. The van der Waals surface area contributed by atoms with Crippen molar-refractivity contribution in [2.45, 2.75) is 90.1 Å². The van der Waals surface area contributed by atoms with Crippen LogP contribution in [-0.4, -0.2) is 56.6 Å². The van der Waals surface area contributed by atoms with Gasteiger partial charge in [0, 0.05) is 0 Å². The Morgan fingerprint density at radius 2 is 1.41 bits per heavy atom. The van der Waals surface area contributed by atoms with Crippen molar-refractivity contribution >= 4 is 7.82 Å². The summed E-state index contributed by atoms with van der Waals surface area (Å²) in [5, 5.41) is 9.36. The van der Waals surface area contributed by atoms with Gasteiger partial charge >= 0.3 is 0 Å². The molecule has 2 atom stereocenters. The van der Waals surface area contributed by atoms with Gasteiger partial charge in [-0.15, -0.1) is 0 Å². The van der Waals surface area contributed by atoms with Gasteiger partial charge in [-0.1, -0.05) is 77.6 Å². The quantitative estimate of drug-likeness (QED) is 0.196. The van der Waals surface area contributed by atoms with Crippen molar-refractivity contribution in [2.24, 2.45) is 0 Å². The molecule has 164 valence electrons. The predicted octanol–water partition coefficient (Wildman–Crippen LogP) is 4.26. The summed E-state index contributed by atoms with van der Waals surface area (Å²) in [5.74, 6) is 0. The lowest BCUT2D eigenvalue weighted by atomic mass is 10.0. The lowest BCUT2D eigenvalue weighted by Gasteiger charge is -2.29. The molecule has 27 heavy (non-hydrogen) atoms. The molecule has 0 aliphatic carbocycles. The summed E-state index contributed by atoms with van der Waals surface area (Å²) >= 11 is 0. The van der Waals surface area contributed by atoms with Gasteiger partial charge in [-0.2, -0.15) is 0 Å². The minimum absolute atomic E-state index is 0.0842. The molecule has 0 spiro atoms. The molecule has 0 fully saturated rings. The first-order valence-corrected chi connectivity index (χ1v) is 12.2. The minimum atomic E-state index is -4.35. The molecule has 0 aliphatic heterocycles. The molecule has 0 saturated heterocycles. The third-order valence-electron chi connectivity index (χ3n) is 4.62. The van der Waals surface area contributed by atoms with E-state index in [-0.39, 0.29) is 13.2 Å². The number of phosphoric acid groups is 1. The van der Waals surface area contributed by atoms with E-state index in [9.17, 15) is 14.6 Å². The molecule has 0 aromatic heterocycles. The highest BCUT2D eigenvalue weighted by Gasteiger charge is 2.18. The number of rotatable bonds is 19. The molecule has 0 saturated carbocycles. The van der Waals surface area contributed by atoms with Crippen LogP contribution in [-0.2, 0) is 13.6 Å². The van der Waals surface area contributed by atoms with Gasteiger partial charge in [0.1, 0.15) is 13.2 Å². The summed E-state index contributed by atoms with van der Waals surface area (Å²) in [6.45, 7) is 2.59. The van der Waals surface area contributed by atoms with Crippen molar-refractivity contribution < 1.29 is 28.1 Å². The fourth-order valence-corrected chi connectivity index (χ4v) is 3.76. The number of aliphatic hydroxyl groups excluding tert-OH is 1. The van der Waals surface area contributed by atoms with Crippen LogP contribution in [0.15, 0.2) is 0 Å². The standard InChI is InChI=1S/C20H44NO5P/c1-5-6-7-8-9-10-11-12-13-14-15-16-20(19-22)26-27(23,24)25-18-17-21(2,3)4/h20,22H,5-19H2,1-4H3. The molecule has 6 nitrogen and oxygen atoms in total. The molecule has 0 radical (unpaired) electrons. The summed E-state index contributed by atoms with van der Waals surface area (Å²) in [5.41, 5.74) is 0. The smallest absolute Gasteiger partial charge is 0.268 e. The number of nitrogens with zero attached hydrogens (tertiary/aromatic N) is 1. The summed E-state index contributed by atoms with van der Waals surface area (Å²) in [4.78, 5) is 11.9. The van der Waals surface area contributed by atoms with E-state index in [1.165, 1.54) is 51.4 Å². The molecule has 0 rings (SSSR count). The highest BCUT2D eigenvalue weighted by Crippen LogP contribution is 2.40. The second-order valence-electron chi connectivity index (χ2n) is 8.53. The van der Waals surface area contributed by atoms with E-state index in [1.54, 1.807) is 0 Å². The van der Waals surface area contributed by atoms with E-state index in [1.807, 2.05) is 21.1 Å². The van der Waals surface area contributed by atoms with Gasteiger partial charge < -0.3 is 23.5 Å². The van der Waals surface area contributed by atoms with E-state index in [2.05, 4.69) is 6.92 Å². The summed E-state index contributed by atoms with van der Waals surface area (Å²) in [6.07, 6.45) is 13.4. The molecule has 0 amide bonds. The fraction of sp³-hybridized carbons (Fsp3) is 1.00. The molecular weight excluding hydrogens is 365 g/mol. The van der Waals surface area contributed by atoms with Crippen molar-refractivity contribution in [2.75, 3.05) is 40.9 Å². The Balaban J connectivity index is 3.72. The van der Waals surface area contributed by atoms with Crippen LogP contribution in [0.2, 0.25) is 0 Å². The molecule has 0 heterocycles. The van der Waals surface area contributed by atoms with Gasteiger partial charge in [0.25, 0.3) is 7.82 Å². The molecule has 1 N–H and O–H groups in total. The summed E-state index contributed by atoms with van der Waals surface area (Å²) in [6, 6.07) is 0. The number of hydrogen-bond donors (Lipinski definition) is 1. The van der Waals surface area contributed by atoms with Crippen molar-refractivity contribution in [1.82, 2.24) is 0 Å². The zero-order chi connectivity index (χ0) is 20.6. The van der Waals surface area contributed by atoms with E-state index in [0.29, 0.717) is 17.4 Å². The second kappa shape index (κ2) is 15.9. The second-order valence-corrected chi connectivity index (χ2v) is 9.89. The molecular formula is C20H44NO5P. The number of likely N-dealkylation sites (N-methyl/N-ethyl adjacent to an activating group) is 1. The van der Waals surface area contributed by atoms with Gasteiger partial charge in [0.15, 0.2) is 0 Å². The first-order valence-electron chi connectivity index (χ1n) is 10.8. The Morgan fingerprint density at radius 1 is 0.926 bits per heavy atom. The van der Waals surface area contributed by atoms with Crippen molar-refractivity contribution in [3.63, 3.8) is 0 Å². The van der Waals surface area contributed by atoms with Gasteiger partial charge in [-0.05, 0) is 6.42 Å². The topological polar surface area (TPSA) is 78.8 Å². The van der Waals surface area contributed by atoms with Crippen molar-refractivity contribution in [3.8, 4) is 0 Å². The number of unbranched alkanes of at least 4 members (excludes halogenated alkanes) is 10. The third kappa shape index (κ3) is 19.1. The van der Waals surface area contributed by atoms with E-state index in [0.717, 1.165) is 19.3 Å². The van der Waals surface area contributed by atoms with Crippen LogP contribution in [0.5, 0.6) is 0 Å². The Morgan fingerprint density at radius 3 is 1.85 bits per heavy atom. The highest BCUT2D eigenvalue weighted by molar-refractivity contribution is 7.45. The number of phosphoric ester groups is 1. The maximum atomic E-state index is 11.9. The van der Waals surface area contributed by atoms with Crippen LogP contribution < -0.4 is 4.89 Å². The lowest BCUT2D eigenvalue weighted by molar-refractivity contribution is -0.870. The van der Waals surface area contributed by atoms with Gasteiger partial charge in [-0.3, -0.25) is 4.57 Å². The first kappa shape index (κ1) is 27.0. The average Bonchev–Trinajstić information content (AvgIpc) is 2.57. The summed E-state index contributed by atoms with van der Waals surface area (Å²) in [7, 11) is 1.53. The average molecular weight is 410 g/mol. The normalized spacial score (nSPS) is 15.6. The zero-order valence-electron chi connectivity index (χ0n) is 18.2. The SMILES string of the molecule is CCCCCCCCCCCCCC(CO)OP(=O)([O-])OCC[N+](C)(C)C. The lowest BCUT2D eigenvalue weighted by Crippen LogP contribution is -2.37. The molecule has 0 aliphatic rings. The predicted molar refractivity (Wildman–Crippen MR) is 109 cm³/mol. The molecule has 0 aromatic rings. The largest absolute Gasteiger partial charge is 0.756 e. The molecule has 7 heteroatoms. The van der Waals surface area contributed by atoms with Crippen molar-refractivity contribution in [1.29, 1.82) is 0 Å². The number of hydrogen-bond acceptors (Lipinski definition) is 5. The Hall–Kier alpha value is 0.0300. The molecule has 0 aromatic carbocycles. The van der Waals surface area contributed by atoms with Crippen molar-refractivity contribution in [3.05, 3.63) is 0 Å². The van der Waals surface area contributed by atoms with Gasteiger partial charge in [0.05, 0.1) is 33.9 Å².